The molecule has 0 spiro atoms. The summed E-state index contributed by atoms with van der Waals surface area (Å²) in [5.74, 6) is 0.703. The zero-order chi connectivity index (χ0) is 18.2. The van der Waals surface area contributed by atoms with Crippen molar-refractivity contribution in [1.29, 1.82) is 0 Å². The monoisotopic (exact) mass is 339 g/mol. The standard InChI is InChI=1S/C21H25NO3/c1-15-13-18(14-16(2)21(15)25-4)22-19(11-8-12-20(23)24-3)17-9-6-5-7-10-17/h5-7,9-10,13-14H,8,11-12H2,1-4H3. The second kappa shape index (κ2) is 9.02. The first kappa shape index (κ1) is 18.7. The number of aliphatic imine (C=N–C) groups is 1. The molecule has 4 nitrogen and oxygen atoms in total. The molecule has 0 fully saturated rings. The van der Waals surface area contributed by atoms with Gasteiger partial charge in [-0.15, -0.1) is 0 Å². The molecule has 0 radical (unpaired) electrons. The summed E-state index contributed by atoms with van der Waals surface area (Å²) >= 11 is 0. The van der Waals surface area contributed by atoms with Gasteiger partial charge in [-0.3, -0.25) is 9.79 Å². The second-order valence-corrected chi connectivity index (χ2v) is 5.97. The lowest BCUT2D eigenvalue weighted by molar-refractivity contribution is -0.140. The minimum atomic E-state index is -0.191. The number of carbonyl (C=O) groups is 1. The van der Waals surface area contributed by atoms with Crippen LogP contribution in [-0.4, -0.2) is 25.9 Å². The van der Waals surface area contributed by atoms with E-state index in [-0.39, 0.29) is 5.97 Å². The lowest BCUT2D eigenvalue weighted by Gasteiger charge is -2.11. The van der Waals surface area contributed by atoms with E-state index in [9.17, 15) is 4.79 Å². The molecule has 0 aliphatic heterocycles. The van der Waals surface area contributed by atoms with Crippen molar-refractivity contribution < 1.29 is 14.3 Å². The Balaban J connectivity index is 2.31. The summed E-state index contributed by atoms with van der Waals surface area (Å²) < 4.78 is 10.1. The predicted molar refractivity (Wildman–Crippen MR) is 101 cm³/mol. The quantitative estimate of drug-likeness (QED) is 0.539. The lowest BCUT2D eigenvalue weighted by atomic mass is 10.0. The molecule has 4 heteroatoms. The Morgan fingerprint density at radius 1 is 1.00 bits per heavy atom. The van der Waals surface area contributed by atoms with Gasteiger partial charge in [-0.25, -0.2) is 0 Å². The normalized spacial score (nSPS) is 11.3. The summed E-state index contributed by atoms with van der Waals surface area (Å²) in [5, 5.41) is 0. The van der Waals surface area contributed by atoms with Crippen molar-refractivity contribution in [3.63, 3.8) is 0 Å². The molecule has 2 aromatic rings. The van der Waals surface area contributed by atoms with E-state index in [1.807, 2.05) is 56.3 Å². The average molecular weight is 339 g/mol. The summed E-state index contributed by atoms with van der Waals surface area (Å²) in [4.78, 5) is 16.2. The van der Waals surface area contributed by atoms with E-state index in [0.717, 1.165) is 33.8 Å². The lowest BCUT2D eigenvalue weighted by Crippen LogP contribution is -2.05. The summed E-state index contributed by atoms with van der Waals surface area (Å²) in [7, 11) is 3.10. The average Bonchev–Trinajstić information content (AvgIpc) is 2.61. The highest BCUT2D eigenvalue weighted by molar-refractivity contribution is 6.02. The molecule has 25 heavy (non-hydrogen) atoms. The topological polar surface area (TPSA) is 47.9 Å². The van der Waals surface area contributed by atoms with Crippen molar-refractivity contribution in [1.82, 2.24) is 0 Å². The molecule has 0 N–H and O–H groups in total. The maximum Gasteiger partial charge on any atom is 0.305 e. The first-order valence-electron chi connectivity index (χ1n) is 8.40. The number of hydrogen-bond donors (Lipinski definition) is 0. The first-order valence-corrected chi connectivity index (χ1v) is 8.40. The Morgan fingerprint density at radius 2 is 1.64 bits per heavy atom. The molecule has 0 saturated carbocycles. The van der Waals surface area contributed by atoms with E-state index in [1.54, 1.807) is 7.11 Å². The van der Waals surface area contributed by atoms with Crippen LogP contribution in [0.1, 0.15) is 36.0 Å². The van der Waals surface area contributed by atoms with Crippen LogP contribution in [0.25, 0.3) is 0 Å². The van der Waals surface area contributed by atoms with Gasteiger partial charge in [-0.05, 0) is 55.5 Å². The molecule has 0 heterocycles. The van der Waals surface area contributed by atoms with E-state index >= 15 is 0 Å². The highest BCUT2D eigenvalue weighted by atomic mass is 16.5. The maximum atomic E-state index is 11.4. The fourth-order valence-electron chi connectivity index (χ4n) is 2.87. The van der Waals surface area contributed by atoms with Crippen LogP contribution in [0.3, 0.4) is 0 Å². The zero-order valence-corrected chi connectivity index (χ0v) is 15.3. The van der Waals surface area contributed by atoms with Crippen molar-refractivity contribution in [3.8, 4) is 5.75 Å². The molecular formula is C21H25NO3. The smallest absolute Gasteiger partial charge is 0.305 e. The van der Waals surface area contributed by atoms with Gasteiger partial charge in [0, 0.05) is 12.1 Å². The Bertz CT molecular complexity index is 728. The van der Waals surface area contributed by atoms with Gasteiger partial charge in [0.1, 0.15) is 5.75 Å². The van der Waals surface area contributed by atoms with E-state index in [4.69, 9.17) is 14.5 Å². The van der Waals surface area contributed by atoms with Crippen molar-refractivity contribution in [2.45, 2.75) is 33.1 Å². The summed E-state index contributed by atoms with van der Waals surface area (Å²) in [6.45, 7) is 4.04. The number of aryl methyl sites for hydroxylation is 2. The number of carbonyl (C=O) groups excluding carboxylic acids is 1. The first-order chi connectivity index (χ1) is 12.0. The molecule has 0 unspecified atom stereocenters. The van der Waals surface area contributed by atoms with Crippen LogP contribution in [0.2, 0.25) is 0 Å². The molecule has 0 aliphatic carbocycles. The van der Waals surface area contributed by atoms with Gasteiger partial charge < -0.3 is 9.47 Å². The van der Waals surface area contributed by atoms with E-state index in [1.165, 1.54) is 7.11 Å². The predicted octanol–water partition coefficient (Wildman–Crippen LogP) is 4.78. The third-order valence-corrected chi connectivity index (χ3v) is 4.04. The summed E-state index contributed by atoms with van der Waals surface area (Å²) in [5.41, 5.74) is 5.05. The number of rotatable bonds is 7. The Hall–Kier alpha value is -2.62. The van der Waals surface area contributed by atoms with Crippen molar-refractivity contribution in [2.75, 3.05) is 14.2 Å². The minimum Gasteiger partial charge on any atom is -0.496 e. The minimum absolute atomic E-state index is 0.191. The highest BCUT2D eigenvalue weighted by Crippen LogP contribution is 2.29. The Labute approximate surface area is 149 Å². The summed E-state index contributed by atoms with van der Waals surface area (Å²) in [6.07, 6.45) is 1.81. The van der Waals surface area contributed by atoms with E-state index in [2.05, 4.69) is 0 Å². The third kappa shape index (κ3) is 5.18. The zero-order valence-electron chi connectivity index (χ0n) is 15.3. The highest BCUT2D eigenvalue weighted by Gasteiger charge is 2.09. The Kier molecular flexibility index (Phi) is 6.75. The molecule has 0 aromatic heterocycles. The van der Waals surface area contributed by atoms with Gasteiger partial charge in [0.2, 0.25) is 0 Å². The van der Waals surface area contributed by atoms with Crippen molar-refractivity contribution in [2.24, 2.45) is 4.99 Å². The van der Waals surface area contributed by atoms with E-state index < -0.39 is 0 Å². The molecule has 0 saturated heterocycles. The SMILES string of the molecule is COC(=O)CCCC(=Nc1cc(C)c(OC)c(C)c1)c1ccccc1. The maximum absolute atomic E-state index is 11.4. The Morgan fingerprint density at radius 3 is 2.20 bits per heavy atom. The van der Waals surface area contributed by atoms with Crippen LogP contribution in [-0.2, 0) is 9.53 Å². The van der Waals surface area contributed by atoms with Gasteiger partial charge in [0.15, 0.2) is 0 Å². The number of methoxy groups -OCH3 is 2. The van der Waals surface area contributed by atoms with Gasteiger partial charge in [0.25, 0.3) is 0 Å². The van der Waals surface area contributed by atoms with Gasteiger partial charge in [-0.1, -0.05) is 30.3 Å². The van der Waals surface area contributed by atoms with Crippen LogP contribution >= 0.6 is 0 Å². The molecule has 132 valence electrons. The van der Waals surface area contributed by atoms with Gasteiger partial charge in [0.05, 0.1) is 19.9 Å². The second-order valence-electron chi connectivity index (χ2n) is 5.97. The van der Waals surface area contributed by atoms with Crippen molar-refractivity contribution in [3.05, 3.63) is 59.2 Å². The fourth-order valence-corrected chi connectivity index (χ4v) is 2.87. The van der Waals surface area contributed by atoms with Gasteiger partial charge >= 0.3 is 5.97 Å². The molecule has 0 bridgehead atoms. The summed E-state index contributed by atoms with van der Waals surface area (Å²) in [6, 6.07) is 14.1. The van der Waals surface area contributed by atoms with Gasteiger partial charge in [-0.2, -0.15) is 0 Å². The number of hydrogen-bond acceptors (Lipinski definition) is 4. The fraction of sp³-hybridized carbons (Fsp3) is 0.333. The number of esters is 1. The van der Waals surface area contributed by atoms with E-state index in [0.29, 0.717) is 19.3 Å². The van der Waals surface area contributed by atoms with Crippen LogP contribution in [0, 0.1) is 13.8 Å². The number of ether oxygens (including phenoxy) is 2. The van der Waals surface area contributed by atoms with Crippen LogP contribution in [0.15, 0.2) is 47.5 Å². The molecule has 0 atom stereocenters. The van der Waals surface area contributed by atoms with Crippen LogP contribution in [0.5, 0.6) is 5.75 Å². The molecule has 2 rings (SSSR count). The molecular weight excluding hydrogens is 314 g/mol. The molecule has 0 aliphatic rings. The van der Waals surface area contributed by atoms with Crippen LogP contribution < -0.4 is 4.74 Å². The molecule has 0 amide bonds. The number of nitrogens with zero attached hydrogens (tertiary/aromatic N) is 1. The third-order valence-electron chi connectivity index (χ3n) is 4.04. The number of benzene rings is 2. The molecule has 2 aromatic carbocycles. The van der Waals surface area contributed by atoms with Crippen LogP contribution in [0.4, 0.5) is 5.69 Å². The van der Waals surface area contributed by atoms with Crippen molar-refractivity contribution >= 4 is 17.4 Å². The largest absolute Gasteiger partial charge is 0.496 e.